The van der Waals surface area contributed by atoms with Crippen LogP contribution in [-0.4, -0.2) is 25.8 Å². The molecule has 0 atom stereocenters. The molecule has 3 nitrogen and oxygen atoms in total. The molecule has 1 rings (SSSR count). The molecular weight excluding hydrogens is 76.9 g/mol. The lowest BCUT2D eigenvalue weighted by Gasteiger charge is -1.99. The summed E-state index contributed by atoms with van der Waals surface area (Å²) in [5.74, 6) is 0. The lowest BCUT2D eigenvalue weighted by molar-refractivity contribution is 0.632. The molecule has 0 aromatic heterocycles. The fourth-order valence-electron chi connectivity index (χ4n) is 0.278. The maximum absolute atomic E-state index is 5.16. The SMILES string of the molecule is [B]N1C=NNC1. The minimum atomic E-state index is 0.625. The molecule has 0 bridgehead atoms. The molecule has 0 amide bonds. The zero-order valence-electron chi connectivity index (χ0n) is 3.26. The number of nitrogens with zero attached hydrogens (tertiary/aromatic N) is 2. The van der Waals surface area contributed by atoms with Crippen LogP contribution < -0.4 is 5.43 Å². The van der Waals surface area contributed by atoms with Gasteiger partial charge in [0.05, 0.1) is 13.0 Å². The Labute approximate surface area is 37.4 Å². The third kappa shape index (κ3) is 0.453. The van der Waals surface area contributed by atoms with E-state index in [2.05, 4.69) is 10.5 Å². The standard InChI is InChI=1S/C2H4BN3/c3-6-1-4-5-2-6/h1,5H,2H2. The molecule has 0 aromatic carbocycles. The Bertz CT molecular complexity index is 71.2. The van der Waals surface area contributed by atoms with Crippen molar-refractivity contribution in [3.63, 3.8) is 0 Å². The molecule has 4 heteroatoms. The first kappa shape index (κ1) is 3.52. The molecule has 0 unspecified atom stereocenters. The average molecular weight is 80.9 g/mol. The maximum atomic E-state index is 5.16. The summed E-state index contributed by atoms with van der Waals surface area (Å²) < 4.78 is 0. The highest BCUT2D eigenvalue weighted by atomic mass is 15.4. The van der Waals surface area contributed by atoms with E-state index in [0.29, 0.717) is 6.67 Å². The van der Waals surface area contributed by atoms with Gasteiger partial charge in [-0.3, -0.25) is 5.43 Å². The molecule has 0 saturated heterocycles. The van der Waals surface area contributed by atoms with E-state index >= 15 is 0 Å². The topological polar surface area (TPSA) is 27.6 Å². The number of nitrogens with one attached hydrogen (secondary N) is 1. The molecule has 0 aliphatic carbocycles. The molecule has 1 aliphatic heterocycles. The fourth-order valence-corrected chi connectivity index (χ4v) is 0.278. The minimum Gasteiger partial charge on any atom is -0.398 e. The molecule has 0 aromatic rings. The Balaban J connectivity index is 2.38. The zero-order valence-corrected chi connectivity index (χ0v) is 3.26. The van der Waals surface area contributed by atoms with Crippen LogP contribution in [-0.2, 0) is 0 Å². The van der Waals surface area contributed by atoms with E-state index in [4.69, 9.17) is 7.98 Å². The van der Waals surface area contributed by atoms with Crippen LogP contribution in [0.2, 0.25) is 0 Å². The summed E-state index contributed by atoms with van der Waals surface area (Å²) in [5, 5.41) is 3.59. The van der Waals surface area contributed by atoms with Gasteiger partial charge >= 0.3 is 0 Å². The highest BCUT2D eigenvalue weighted by molar-refractivity contribution is 6.11. The van der Waals surface area contributed by atoms with E-state index in [1.807, 2.05) is 0 Å². The molecule has 0 spiro atoms. The molecule has 1 aliphatic rings. The van der Waals surface area contributed by atoms with Gasteiger partial charge in [-0.1, -0.05) is 0 Å². The van der Waals surface area contributed by atoms with Crippen molar-refractivity contribution in [2.24, 2.45) is 5.10 Å². The Morgan fingerprint density at radius 1 is 2.00 bits per heavy atom. The predicted molar refractivity (Wildman–Crippen MR) is 24.1 cm³/mol. The lowest BCUT2D eigenvalue weighted by Crippen LogP contribution is -2.18. The van der Waals surface area contributed by atoms with Crippen molar-refractivity contribution in [3.05, 3.63) is 0 Å². The van der Waals surface area contributed by atoms with Crippen molar-refractivity contribution >= 4 is 14.3 Å². The lowest BCUT2D eigenvalue weighted by atomic mass is 10.4. The van der Waals surface area contributed by atoms with Crippen molar-refractivity contribution in [1.82, 2.24) is 10.2 Å². The monoisotopic (exact) mass is 81.0 g/mol. The van der Waals surface area contributed by atoms with Crippen molar-refractivity contribution < 1.29 is 0 Å². The normalized spacial score (nSPS) is 18.3. The first-order chi connectivity index (χ1) is 2.89. The molecule has 30 valence electrons. The molecule has 1 heterocycles. The highest BCUT2D eigenvalue weighted by Crippen LogP contribution is 1.75. The Morgan fingerprint density at radius 2 is 2.83 bits per heavy atom. The third-order valence-corrected chi connectivity index (χ3v) is 0.551. The fraction of sp³-hybridized carbons (Fsp3) is 0.500. The number of hydrogen-bond acceptors (Lipinski definition) is 3. The first-order valence-corrected chi connectivity index (χ1v) is 1.67. The minimum absolute atomic E-state index is 0.625. The van der Waals surface area contributed by atoms with Crippen molar-refractivity contribution in [1.29, 1.82) is 0 Å². The van der Waals surface area contributed by atoms with E-state index in [-0.39, 0.29) is 0 Å². The van der Waals surface area contributed by atoms with Crippen LogP contribution in [0.3, 0.4) is 0 Å². The summed E-state index contributed by atoms with van der Waals surface area (Å²) in [7, 11) is 5.16. The molecular formula is C2H4BN3. The number of hydrazone groups is 1. The van der Waals surface area contributed by atoms with Crippen LogP contribution in [0.4, 0.5) is 0 Å². The molecule has 0 saturated carbocycles. The van der Waals surface area contributed by atoms with Crippen molar-refractivity contribution in [3.8, 4) is 0 Å². The summed E-state index contributed by atoms with van der Waals surface area (Å²) in [5.41, 5.74) is 2.64. The Morgan fingerprint density at radius 3 is 3.00 bits per heavy atom. The predicted octanol–water partition coefficient (Wildman–Crippen LogP) is -1.12. The van der Waals surface area contributed by atoms with Gasteiger partial charge < -0.3 is 4.81 Å². The third-order valence-electron chi connectivity index (χ3n) is 0.551. The van der Waals surface area contributed by atoms with E-state index in [1.54, 1.807) is 0 Å². The summed E-state index contributed by atoms with van der Waals surface area (Å²) in [6, 6.07) is 0. The zero-order chi connectivity index (χ0) is 4.41. The highest BCUT2D eigenvalue weighted by Gasteiger charge is 1.92. The molecule has 6 heavy (non-hydrogen) atoms. The van der Waals surface area contributed by atoms with Crippen molar-refractivity contribution in [2.45, 2.75) is 0 Å². The van der Waals surface area contributed by atoms with Crippen LogP contribution in [0, 0.1) is 0 Å². The smallest absolute Gasteiger partial charge is 0.230 e. The van der Waals surface area contributed by atoms with E-state index in [0.717, 1.165) is 0 Å². The van der Waals surface area contributed by atoms with Gasteiger partial charge in [-0.15, -0.1) is 0 Å². The second kappa shape index (κ2) is 1.20. The van der Waals surface area contributed by atoms with Gasteiger partial charge in [-0.2, -0.15) is 5.10 Å². The summed E-state index contributed by atoms with van der Waals surface area (Å²) in [4.78, 5) is 1.46. The Kier molecular flexibility index (Phi) is 0.705. The van der Waals surface area contributed by atoms with Crippen LogP contribution >= 0.6 is 0 Å². The van der Waals surface area contributed by atoms with Gasteiger partial charge in [0.2, 0.25) is 7.98 Å². The quantitative estimate of drug-likeness (QED) is 0.374. The second-order valence-electron chi connectivity index (χ2n) is 1.08. The largest absolute Gasteiger partial charge is 0.398 e. The van der Waals surface area contributed by atoms with Gasteiger partial charge in [0.1, 0.15) is 0 Å². The van der Waals surface area contributed by atoms with Gasteiger partial charge in [-0.05, 0) is 0 Å². The summed E-state index contributed by atoms with van der Waals surface area (Å²) in [6.07, 6.45) is 1.53. The van der Waals surface area contributed by atoms with Gasteiger partial charge in [-0.25, -0.2) is 0 Å². The van der Waals surface area contributed by atoms with Crippen LogP contribution in [0.25, 0.3) is 0 Å². The number of rotatable bonds is 0. The number of hydrogen-bond donors (Lipinski definition) is 1. The van der Waals surface area contributed by atoms with Crippen molar-refractivity contribution in [2.75, 3.05) is 6.67 Å². The van der Waals surface area contributed by atoms with E-state index in [9.17, 15) is 0 Å². The first-order valence-electron chi connectivity index (χ1n) is 1.67. The summed E-state index contributed by atoms with van der Waals surface area (Å²) >= 11 is 0. The van der Waals surface area contributed by atoms with E-state index in [1.165, 1.54) is 11.1 Å². The van der Waals surface area contributed by atoms with Crippen LogP contribution in [0.5, 0.6) is 0 Å². The van der Waals surface area contributed by atoms with Gasteiger partial charge in [0.25, 0.3) is 0 Å². The average Bonchev–Trinajstić information content (AvgIpc) is 1.86. The summed E-state index contributed by atoms with van der Waals surface area (Å²) in [6.45, 7) is 0.625. The molecule has 0 fully saturated rings. The Hall–Kier alpha value is -0.665. The van der Waals surface area contributed by atoms with Crippen LogP contribution in [0.15, 0.2) is 5.10 Å². The van der Waals surface area contributed by atoms with Gasteiger partial charge in [0, 0.05) is 0 Å². The maximum Gasteiger partial charge on any atom is 0.230 e. The molecule has 1 N–H and O–H groups in total. The van der Waals surface area contributed by atoms with Crippen LogP contribution in [0.1, 0.15) is 0 Å². The van der Waals surface area contributed by atoms with E-state index < -0.39 is 0 Å². The second-order valence-corrected chi connectivity index (χ2v) is 1.08. The van der Waals surface area contributed by atoms with Gasteiger partial charge in [0.15, 0.2) is 0 Å². The molecule has 2 radical (unpaired) electrons.